The van der Waals surface area contributed by atoms with Crippen molar-refractivity contribution in [3.05, 3.63) is 54.1 Å². The predicted octanol–water partition coefficient (Wildman–Crippen LogP) is 3.63. The Labute approximate surface area is 143 Å². The lowest BCUT2D eigenvalue weighted by Gasteiger charge is -2.09. The second kappa shape index (κ2) is 7.43. The molecule has 1 aromatic heterocycles. The van der Waals surface area contributed by atoms with Crippen molar-refractivity contribution in [2.45, 2.75) is 25.6 Å². The molecule has 0 atom stereocenters. The largest absolute Gasteiger partial charge is 0.425 e. The van der Waals surface area contributed by atoms with E-state index in [1.165, 1.54) is 0 Å². The van der Waals surface area contributed by atoms with E-state index in [0.29, 0.717) is 17.2 Å². The van der Waals surface area contributed by atoms with Gasteiger partial charge in [-0.05, 0) is 25.0 Å². The average molecular weight is 347 g/mol. The first-order valence-electron chi connectivity index (χ1n) is 7.83. The zero-order valence-corrected chi connectivity index (χ0v) is 13.3. The van der Waals surface area contributed by atoms with Crippen LogP contribution in [0.4, 0.5) is 13.2 Å². The third-order valence-electron chi connectivity index (χ3n) is 3.51. The van der Waals surface area contributed by atoms with Crippen LogP contribution >= 0.6 is 0 Å². The zero-order chi connectivity index (χ0) is 17.7. The summed E-state index contributed by atoms with van der Waals surface area (Å²) in [6.45, 7) is -1.17. The van der Waals surface area contributed by atoms with Crippen molar-refractivity contribution in [3.63, 3.8) is 0 Å². The van der Waals surface area contributed by atoms with E-state index in [0.717, 1.165) is 18.4 Å². The van der Waals surface area contributed by atoms with Gasteiger partial charge in [0.2, 0.25) is 6.61 Å². The molecule has 0 aliphatic heterocycles. The van der Waals surface area contributed by atoms with Crippen LogP contribution in [0, 0.1) is 17.8 Å². The van der Waals surface area contributed by atoms with E-state index in [2.05, 4.69) is 26.8 Å². The number of rotatable bonds is 5. The molecule has 1 heterocycles. The summed E-state index contributed by atoms with van der Waals surface area (Å²) in [6, 6.07) is 7.23. The summed E-state index contributed by atoms with van der Waals surface area (Å²) in [4.78, 5) is 8.40. The molecule has 0 N–H and O–H groups in total. The van der Waals surface area contributed by atoms with E-state index in [-0.39, 0.29) is 6.54 Å². The van der Waals surface area contributed by atoms with Gasteiger partial charge in [-0.2, -0.15) is 13.2 Å². The van der Waals surface area contributed by atoms with E-state index in [1.54, 1.807) is 35.4 Å². The molecule has 1 aromatic carbocycles. The molecule has 0 bridgehead atoms. The van der Waals surface area contributed by atoms with Gasteiger partial charge in [-0.1, -0.05) is 29.1 Å². The number of alkyl halides is 3. The molecular weight excluding hydrogens is 331 g/mol. The minimum atomic E-state index is -4.42. The van der Waals surface area contributed by atoms with Crippen LogP contribution in [0.5, 0.6) is 0 Å². The number of hydrogen-bond donors (Lipinski definition) is 0. The van der Waals surface area contributed by atoms with Crippen molar-refractivity contribution < 1.29 is 18.0 Å². The Morgan fingerprint density at radius 2 is 2.04 bits per heavy atom. The highest BCUT2D eigenvalue weighted by Gasteiger charge is 2.28. The molecule has 0 saturated heterocycles. The Kier molecular flexibility index (Phi) is 5.08. The minimum absolute atomic E-state index is 0.255. The third kappa shape index (κ3) is 5.68. The highest BCUT2D eigenvalue weighted by Crippen LogP contribution is 2.27. The van der Waals surface area contributed by atoms with Crippen LogP contribution in [0.1, 0.15) is 24.0 Å². The molecule has 1 aliphatic carbocycles. The predicted molar refractivity (Wildman–Crippen MR) is 86.8 cm³/mol. The van der Waals surface area contributed by atoms with Gasteiger partial charge < -0.3 is 9.40 Å². The lowest BCUT2D eigenvalue weighted by Crippen LogP contribution is -2.17. The first-order valence-corrected chi connectivity index (χ1v) is 7.83. The fourth-order valence-electron chi connectivity index (χ4n) is 2.07. The average Bonchev–Trinajstić information content (AvgIpc) is 3.26. The normalized spacial score (nSPS) is 14.8. The monoisotopic (exact) mass is 347 g/mol. The fourth-order valence-corrected chi connectivity index (χ4v) is 2.07. The van der Waals surface area contributed by atoms with Gasteiger partial charge in [-0.25, -0.2) is 4.98 Å². The number of halogens is 3. The number of imidazole rings is 1. The molecule has 25 heavy (non-hydrogen) atoms. The van der Waals surface area contributed by atoms with Crippen molar-refractivity contribution >= 4 is 5.71 Å². The molecule has 7 heteroatoms. The molecule has 0 unspecified atom stereocenters. The van der Waals surface area contributed by atoms with E-state index in [9.17, 15) is 13.2 Å². The minimum Gasteiger partial charge on any atom is -0.386 e. The van der Waals surface area contributed by atoms with Crippen LogP contribution in [0.15, 0.2) is 48.1 Å². The second-order valence-electron chi connectivity index (χ2n) is 5.78. The Hall–Kier alpha value is -2.75. The van der Waals surface area contributed by atoms with Gasteiger partial charge in [0.05, 0.1) is 12.9 Å². The van der Waals surface area contributed by atoms with E-state index in [1.807, 2.05) is 12.1 Å². The molecule has 1 aliphatic rings. The molecule has 3 rings (SSSR count). The SMILES string of the molecule is FC(F)(F)CO/N=C(\Cn1ccnc1)c1ccc(C#CC2CC2)cc1. The molecule has 2 aromatic rings. The van der Waals surface area contributed by atoms with E-state index < -0.39 is 12.8 Å². The first kappa shape index (κ1) is 17.1. The lowest BCUT2D eigenvalue weighted by molar-refractivity contribution is -0.173. The highest BCUT2D eigenvalue weighted by molar-refractivity contribution is 6.00. The zero-order valence-electron chi connectivity index (χ0n) is 13.3. The summed E-state index contributed by atoms with van der Waals surface area (Å²) < 4.78 is 38.5. The van der Waals surface area contributed by atoms with Crippen molar-refractivity contribution in [2.24, 2.45) is 11.1 Å². The molecule has 1 fully saturated rings. The van der Waals surface area contributed by atoms with Crippen LogP contribution in [0.2, 0.25) is 0 Å². The summed E-state index contributed by atoms with van der Waals surface area (Å²) in [5.74, 6) is 6.77. The number of oxime groups is 1. The molecule has 0 radical (unpaired) electrons. The van der Waals surface area contributed by atoms with Gasteiger partial charge >= 0.3 is 6.18 Å². The summed E-state index contributed by atoms with van der Waals surface area (Å²) >= 11 is 0. The van der Waals surface area contributed by atoms with Gasteiger partial charge in [0.15, 0.2) is 0 Å². The number of hydrogen-bond acceptors (Lipinski definition) is 3. The lowest BCUT2D eigenvalue weighted by atomic mass is 10.1. The number of nitrogens with zero attached hydrogens (tertiary/aromatic N) is 3. The Morgan fingerprint density at radius 3 is 2.64 bits per heavy atom. The Morgan fingerprint density at radius 1 is 1.28 bits per heavy atom. The first-order chi connectivity index (χ1) is 12.0. The van der Waals surface area contributed by atoms with Crippen molar-refractivity contribution in [1.82, 2.24) is 9.55 Å². The summed E-state index contributed by atoms with van der Waals surface area (Å²) in [7, 11) is 0. The number of benzene rings is 1. The van der Waals surface area contributed by atoms with E-state index in [4.69, 9.17) is 0 Å². The van der Waals surface area contributed by atoms with Crippen LogP contribution < -0.4 is 0 Å². The highest BCUT2D eigenvalue weighted by atomic mass is 19.4. The van der Waals surface area contributed by atoms with Crippen molar-refractivity contribution in [3.8, 4) is 11.8 Å². The quantitative estimate of drug-likeness (QED) is 0.471. The van der Waals surface area contributed by atoms with Crippen LogP contribution in [-0.4, -0.2) is 28.0 Å². The smallest absolute Gasteiger partial charge is 0.386 e. The molecule has 0 amide bonds. The Balaban J connectivity index is 1.75. The summed E-state index contributed by atoms with van der Waals surface area (Å²) in [5, 5.41) is 3.68. The van der Waals surface area contributed by atoms with Crippen LogP contribution in [0.3, 0.4) is 0 Å². The fraction of sp³-hybridized carbons (Fsp3) is 0.333. The summed E-state index contributed by atoms with van der Waals surface area (Å²) in [5.41, 5.74) is 1.92. The van der Waals surface area contributed by atoms with Gasteiger partial charge in [0.25, 0.3) is 0 Å². The number of aromatic nitrogens is 2. The third-order valence-corrected chi connectivity index (χ3v) is 3.51. The summed E-state index contributed by atoms with van der Waals surface area (Å²) in [6.07, 6.45) is 2.74. The molecule has 130 valence electrons. The molecule has 4 nitrogen and oxygen atoms in total. The van der Waals surface area contributed by atoms with Crippen LogP contribution in [-0.2, 0) is 11.4 Å². The Bertz CT molecular complexity index is 780. The maximum atomic E-state index is 12.3. The van der Waals surface area contributed by atoms with Gasteiger partial charge in [-0.15, -0.1) is 0 Å². The maximum absolute atomic E-state index is 12.3. The van der Waals surface area contributed by atoms with Gasteiger partial charge in [-0.3, -0.25) is 0 Å². The van der Waals surface area contributed by atoms with Crippen molar-refractivity contribution in [1.29, 1.82) is 0 Å². The van der Waals surface area contributed by atoms with E-state index >= 15 is 0 Å². The maximum Gasteiger partial charge on any atom is 0.425 e. The van der Waals surface area contributed by atoms with Gasteiger partial charge in [0.1, 0.15) is 5.71 Å². The van der Waals surface area contributed by atoms with Crippen molar-refractivity contribution in [2.75, 3.05) is 6.61 Å². The molecule has 1 saturated carbocycles. The topological polar surface area (TPSA) is 39.4 Å². The second-order valence-corrected chi connectivity index (χ2v) is 5.78. The van der Waals surface area contributed by atoms with Crippen LogP contribution in [0.25, 0.3) is 0 Å². The molecular formula is C18H16F3N3O. The molecule has 0 spiro atoms. The standard InChI is InChI=1S/C18H16F3N3O/c19-18(20,21)12-25-23-17(11-24-10-9-22-13-24)16-7-5-15(6-8-16)4-3-14-1-2-14/h5-10,13-14H,1-2,11-12H2/b23-17+. The van der Waals surface area contributed by atoms with Gasteiger partial charge in [0, 0.05) is 29.4 Å².